The van der Waals surface area contributed by atoms with E-state index in [0.29, 0.717) is 6.04 Å². The van der Waals surface area contributed by atoms with E-state index in [0.717, 1.165) is 30.9 Å². The molecule has 1 aromatic rings. The maximum atomic E-state index is 4.48. The van der Waals surface area contributed by atoms with Crippen molar-refractivity contribution >= 4 is 6.08 Å². The van der Waals surface area contributed by atoms with E-state index in [9.17, 15) is 0 Å². The molecule has 1 unspecified atom stereocenters. The van der Waals surface area contributed by atoms with Crippen LogP contribution in [-0.2, 0) is 6.42 Å². The van der Waals surface area contributed by atoms with Gasteiger partial charge in [0.05, 0.1) is 6.04 Å². The lowest BCUT2D eigenvalue weighted by Gasteiger charge is -2.15. The van der Waals surface area contributed by atoms with Gasteiger partial charge in [-0.15, -0.1) is 0 Å². The van der Waals surface area contributed by atoms with Gasteiger partial charge in [0.2, 0.25) is 0 Å². The highest BCUT2D eigenvalue weighted by atomic mass is 15.4. The number of allylic oxidation sites excluding steroid dienone is 4. The van der Waals surface area contributed by atoms with Crippen LogP contribution < -0.4 is 0 Å². The van der Waals surface area contributed by atoms with Gasteiger partial charge in [-0.1, -0.05) is 24.8 Å². The third kappa shape index (κ3) is 1.43. The molecular weight excluding hydrogens is 198 g/mol. The van der Waals surface area contributed by atoms with Crippen molar-refractivity contribution in [2.24, 2.45) is 0 Å². The Kier molecular flexibility index (Phi) is 2.24. The van der Waals surface area contributed by atoms with Crippen LogP contribution in [0.4, 0.5) is 0 Å². The van der Waals surface area contributed by atoms with E-state index in [1.807, 2.05) is 0 Å². The minimum atomic E-state index is 0.396. The molecule has 1 atom stereocenters. The van der Waals surface area contributed by atoms with Crippen molar-refractivity contribution < 1.29 is 0 Å². The molecule has 0 spiro atoms. The van der Waals surface area contributed by atoms with Crippen LogP contribution in [0, 0.1) is 0 Å². The van der Waals surface area contributed by atoms with Crippen molar-refractivity contribution in [2.45, 2.75) is 31.7 Å². The van der Waals surface area contributed by atoms with E-state index in [4.69, 9.17) is 0 Å². The van der Waals surface area contributed by atoms with Crippen molar-refractivity contribution in [1.29, 1.82) is 0 Å². The van der Waals surface area contributed by atoms with Gasteiger partial charge < -0.3 is 0 Å². The summed E-state index contributed by atoms with van der Waals surface area (Å²) in [5, 5.41) is 4.48. The van der Waals surface area contributed by atoms with E-state index < -0.39 is 0 Å². The zero-order valence-corrected chi connectivity index (χ0v) is 9.26. The first-order valence-electron chi connectivity index (χ1n) is 5.83. The van der Waals surface area contributed by atoms with Crippen molar-refractivity contribution in [1.82, 2.24) is 14.8 Å². The molecule has 2 heterocycles. The fourth-order valence-electron chi connectivity index (χ4n) is 2.46. The lowest BCUT2D eigenvalue weighted by molar-refractivity contribution is 0.549. The Morgan fingerprint density at radius 3 is 3.12 bits per heavy atom. The van der Waals surface area contributed by atoms with Crippen molar-refractivity contribution in [3.05, 3.63) is 42.0 Å². The highest BCUT2D eigenvalue weighted by Crippen LogP contribution is 2.32. The van der Waals surface area contributed by atoms with Crippen LogP contribution in [0.25, 0.3) is 6.08 Å². The molecule has 2 aliphatic rings. The average Bonchev–Trinajstić information content (AvgIpc) is 2.88. The molecule has 82 valence electrons. The van der Waals surface area contributed by atoms with Gasteiger partial charge in [-0.25, -0.2) is 9.67 Å². The van der Waals surface area contributed by atoms with Gasteiger partial charge in [0.1, 0.15) is 5.82 Å². The Balaban J connectivity index is 1.95. The Bertz CT molecular complexity index is 479. The lowest BCUT2D eigenvalue weighted by atomic mass is 9.99. The monoisotopic (exact) mass is 213 g/mol. The number of aromatic nitrogens is 3. The Labute approximate surface area is 95.2 Å². The summed E-state index contributed by atoms with van der Waals surface area (Å²) < 4.78 is 2.07. The van der Waals surface area contributed by atoms with Crippen LogP contribution in [0.3, 0.4) is 0 Å². The Morgan fingerprint density at radius 1 is 1.44 bits per heavy atom. The topological polar surface area (TPSA) is 30.7 Å². The largest absolute Gasteiger partial charge is 0.242 e. The standard InChI is InChI=1S/C13H15N3/c1-2-12-14-13-9-8-11(16(13)15-12)10-6-4-3-5-7-10/h2,4,6-7,11H,1,3,5,8-9H2. The molecule has 0 fully saturated rings. The van der Waals surface area contributed by atoms with E-state index in [1.165, 1.54) is 12.0 Å². The van der Waals surface area contributed by atoms with Gasteiger partial charge in [-0.05, 0) is 30.9 Å². The Morgan fingerprint density at radius 2 is 2.38 bits per heavy atom. The molecule has 0 aromatic carbocycles. The van der Waals surface area contributed by atoms with Crippen molar-refractivity contribution in [3.8, 4) is 0 Å². The second-order valence-corrected chi connectivity index (χ2v) is 4.27. The van der Waals surface area contributed by atoms with Gasteiger partial charge in [0.25, 0.3) is 0 Å². The molecule has 0 saturated carbocycles. The maximum Gasteiger partial charge on any atom is 0.173 e. The molecule has 0 N–H and O–H groups in total. The third-order valence-corrected chi connectivity index (χ3v) is 3.25. The molecule has 3 heteroatoms. The summed E-state index contributed by atoms with van der Waals surface area (Å²) in [5.74, 6) is 1.85. The quantitative estimate of drug-likeness (QED) is 0.756. The summed E-state index contributed by atoms with van der Waals surface area (Å²) in [6.07, 6.45) is 13.0. The summed E-state index contributed by atoms with van der Waals surface area (Å²) in [6.45, 7) is 3.71. The summed E-state index contributed by atoms with van der Waals surface area (Å²) in [6, 6.07) is 0.396. The van der Waals surface area contributed by atoms with Gasteiger partial charge in [0.15, 0.2) is 5.82 Å². The van der Waals surface area contributed by atoms with Gasteiger partial charge in [0, 0.05) is 6.42 Å². The molecule has 16 heavy (non-hydrogen) atoms. The predicted molar refractivity (Wildman–Crippen MR) is 63.9 cm³/mol. The first-order valence-corrected chi connectivity index (χ1v) is 5.83. The van der Waals surface area contributed by atoms with E-state index in [-0.39, 0.29) is 0 Å². The molecular formula is C13H15N3. The zero-order chi connectivity index (χ0) is 11.0. The number of nitrogens with zero attached hydrogens (tertiary/aromatic N) is 3. The third-order valence-electron chi connectivity index (χ3n) is 3.25. The number of fused-ring (bicyclic) bond motifs is 1. The number of hydrogen-bond acceptors (Lipinski definition) is 2. The van der Waals surface area contributed by atoms with Crippen LogP contribution in [0.15, 0.2) is 30.4 Å². The molecule has 0 saturated heterocycles. The summed E-state index contributed by atoms with van der Waals surface area (Å²) in [7, 11) is 0. The first kappa shape index (κ1) is 9.58. The minimum Gasteiger partial charge on any atom is -0.242 e. The smallest absolute Gasteiger partial charge is 0.173 e. The van der Waals surface area contributed by atoms with Gasteiger partial charge >= 0.3 is 0 Å². The first-order chi connectivity index (χ1) is 7.88. The molecule has 3 nitrogen and oxygen atoms in total. The number of hydrogen-bond donors (Lipinski definition) is 0. The number of rotatable bonds is 2. The lowest BCUT2D eigenvalue weighted by Crippen LogP contribution is -2.09. The highest BCUT2D eigenvalue weighted by Gasteiger charge is 2.27. The Hall–Kier alpha value is -1.64. The molecule has 0 bridgehead atoms. The summed E-state index contributed by atoms with van der Waals surface area (Å²) in [4.78, 5) is 4.44. The fourth-order valence-corrected chi connectivity index (χ4v) is 2.46. The maximum absolute atomic E-state index is 4.48. The van der Waals surface area contributed by atoms with E-state index in [1.54, 1.807) is 6.08 Å². The zero-order valence-electron chi connectivity index (χ0n) is 9.26. The van der Waals surface area contributed by atoms with Crippen LogP contribution in [0.1, 0.15) is 37.0 Å². The second-order valence-electron chi connectivity index (χ2n) is 4.27. The molecule has 3 rings (SSSR count). The van der Waals surface area contributed by atoms with Crippen molar-refractivity contribution in [3.63, 3.8) is 0 Å². The fraction of sp³-hybridized carbons (Fsp3) is 0.385. The van der Waals surface area contributed by atoms with Gasteiger partial charge in [-0.2, -0.15) is 5.10 Å². The average molecular weight is 213 g/mol. The predicted octanol–water partition coefficient (Wildman–Crippen LogP) is 2.68. The second kappa shape index (κ2) is 3.74. The summed E-state index contributed by atoms with van der Waals surface area (Å²) >= 11 is 0. The molecule has 1 aromatic heterocycles. The minimum absolute atomic E-state index is 0.396. The van der Waals surface area contributed by atoms with Crippen LogP contribution >= 0.6 is 0 Å². The molecule has 1 aliphatic heterocycles. The van der Waals surface area contributed by atoms with Crippen LogP contribution in [-0.4, -0.2) is 14.8 Å². The summed E-state index contributed by atoms with van der Waals surface area (Å²) in [5.41, 5.74) is 1.39. The van der Waals surface area contributed by atoms with Crippen LogP contribution in [0.5, 0.6) is 0 Å². The van der Waals surface area contributed by atoms with E-state index in [2.05, 4.69) is 39.6 Å². The molecule has 0 radical (unpaired) electrons. The molecule has 0 amide bonds. The van der Waals surface area contributed by atoms with Gasteiger partial charge in [-0.3, -0.25) is 0 Å². The normalized spacial score (nSPS) is 23.0. The SMILES string of the molecule is C=Cc1nc2n(n1)C(C1=CCCC=C1)CC2. The van der Waals surface area contributed by atoms with E-state index >= 15 is 0 Å². The molecule has 1 aliphatic carbocycles. The van der Waals surface area contributed by atoms with Crippen LogP contribution in [0.2, 0.25) is 0 Å². The van der Waals surface area contributed by atoms with Crippen molar-refractivity contribution in [2.75, 3.05) is 0 Å². The highest BCUT2D eigenvalue weighted by molar-refractivity contribution is 5.36. The number of aryl methyl sites for hydroxylation is 1.